The van der Waals surface area contributed by atoms with Gasteiger partial charge in [-0.1, -0.05) is 24.3 Å². The van der Waals surface area contributed by atoms with Crippen molar-refractivity contribution < 1.29 is 9.59 Å². The van der Waals surface area contributed by atoms with Crippen LogP contribution in [0, 0.1) is 0 Å². The Labute approximate surface area is 108 Å². The summed E-state index contributed by atoms with van der Waals surface area (Å²) >= 11 is 0. The van der Waals surface area contributed by atoms with Gasteiger partial charge in [-0.2, -0.15) is 0 Å². The molecule has 3 nitrogen and oxygen atoms in total. The number of nitrogens with zero attached hydrogens (tertiary/aromatic N) is 1. The van der Waals surface area contributed by atoms with E-state index in [0.717, 1.165) is 25.7 Å². The molecule has 1 fully saturated rings. The second-order valence-corrected chi connectivity index (χ2v) is 4.79. The zero-order valence-electron chi connectivity index (χ0n) is 10.8. The number of carbonyl (C=O) groups is 2. The van der Waals surface area contributed by atoms with Crippen LogP contribution in [0.2, 0.25) is 0 Å². The fraction of sp³-hybridized carbons (Fsp3) is 0.467. The molecule has 96 valence electrons. The normalized spacial score (nSPS) is 29.9. The molecule has 2 rings (SSSR count). The van der Waals surface area contributed by atoms with Gasteiger partial charge in [-0.3, -0.25) is 9.59 Å². The molecule has 1 atom stereocenters. The van der Waals surface area contributed by atoms with Crippen LogP contribution in [0.3, 0.4) is 0 Å². The van der Waals surface area contributed by atoms with Crippen LogP contribution in [0.5, 0.6) is 0 Å². The van der Waals surface area contributed by atoms with Crippen molar-refractivity contribution in [3.05, 3.63) is 36.0 Å². The minimum absolute atomic E-state index is 0.000694. The van der Waals surface area contributed by atoms with E-state index in [4.69, 9.17) is 0 Å². The molecule has 1 aliphatic heterocycles. The number of allylic oxidation sites excluding steroid dienone is 4. The third-order valence-corrected chi connectivity index (χ3v) is 3.45. The van der Waals surface area contributed by atoms with Gasteiger partial charge in [0.1, 0.15) is 0 Å². The van der Waals surface area contributed by atoms with Crippen molar-refractivity contribution in [2.24, 2.45) is 0 Å². The Hall–Kier alpha value is -1.64. The largest absolute Gasteiger partial charge is 0.329 e. The Bertz CT molecular complexity index is 432. The fourth-order valence-corrected chi connectivity index (χ4v) is 2.49. The van der Waals surface area contributed by atoms with Gasteiger partial charge in [-0.15, -0.1) is 0 Å². The van der Waals surface area contributed by atoms with Gasteiger partial charge >= 0.3 is 0 Å². The lowest BCUT2D eigenvalue weighted by Crippen LogP contribution is -2.40. The lowest BCUT2D eigenvalue weighted by molar-refractivity contribution is -0.133. The van der Waals surface area contributed by atoms with E-state index in [2.05, 4.69) is 6.08 Å². The molecular formula is C15H19NO2. The summed E-state index contributed by atoms with van der Waals surface area (Å²) in [5.74, 6) is 0.0930. The summed E-state index contributed by atoms with van der Waals surface area (Å²) in [5.41, 5.74) is 0.715. The van der Waals surface area contributed by atoms with Crippen molar-refractivity contribution in [1.82, 2.24) is 4.90 Å². The zero-order valence-corrected chi connectivity index (χ0v) is 10.8. The minimum Gasteiger partial charge on any atom is -0.329 e. The van der Waals surface area contributed by atoms with Gasteiger partial charge in [-0.25, -0.2) is 0 Å². The average molecular weight is 245 g/mol. The summed E-state index contributed by atoms with van der Waals surface area (Å²) < 4.78 is 0. The maximum atomic E-state index is 12.4. The zero-order chi connectivity index (χ0) is 13.0. The van der Waals surface area contributed by atoms with Gasteiger partial charge in [0.05, 0.1) is 6.04 Å². The van der Waals surface area contributed by atoms with E-state index >= 15 is 0 Å². The van der Waals surface area contributed by atoms with Crippen molar-refractivity contribution >= 4 is 11.7 Å². The summed E-state index contributed by atoms with van der Waals surface area (Å²) in [7, 11) is 0. The van der Waals surface area contributed by atoms with Gasteiger partial charge in [0.25, 0.3) is 5.91 Å². The number of Topliss-reactive ketones (excluding diaryl/α,β-unsaturated/α-hetero) is 1. The Morgan fingerprint density at radius 1 is 1.28 bits per heavy atom. The van der Waals surface area contributed by atoms with Crippen LogP contribution in [0.1, 0.15) is 32.6 Å². The molecule has 1 saturated heterocycles. The molecule has 0 aromatic rings. The van der Waals surface area contributed by atoms with E-state index in [1.165, 1.54) is 0 Å². The van der Waals surface area contributed by atoms with Crippen molar-refractivity contribution in [2.45, 2.75) is 38.6 Å². The highest BCUT2D eigenvalue weighted by Crippen LogP contribution is 2.21. The molecule has 0 spiro atoms. The first-order chi connectivity index (χ1) is 8.70. The van der Waals surface area contributed by atoms with E-state index in [-0.39, 0.29) is 17.7 Å². The van der Waals surface area contributed by atoms with Gasteiger partial charge in [0, 0.05) is 12.1 Å². The molecule has 3 heteroatoms. The lowest BCUT2D eigenvalue weighted by atomic mass is 10.1. The van der Waals surface area contributed by atoms with Gasteiger partial charge in [0.15, 0.2) is 5.78 Å². The average Bonchev–Trinajstić information content (AvgIpc) is 2.76. The second kappa shape index (κ2) is 5.80. The summed E-state index contributed by atoms with van der Waals surface area (Å²) in [6.45, 7) is 2.27. The number of ketones is 1. The highest BCUT2D eigenvalue weighted by atomic mass is 16.2. The van der Waals surface area contributed by atoms with Crippen molar-refractivity contribution in [3.63, 3.8) is 0 Å². The molecule has 1 unspecified atom stereocenters. The Balaban J connectivity index is 2.15. The number of hydrogen-bond acceptors (Lipinski definition) is 2. The van der Waals surface area contributed by atoms with Crippen LogP contribution in [0.25, 0.3) is 0 Å². The summed E-state index contributed by atoms with van der Waals surface area (Å²) in [5, 5.41) is 0. The van der Waals surface area contributed by atoms with Crippen LogP contribution in [0.4, 0.5) is 0 Å². The maximum Gasteiger partial charge on any atom is 0.254 e. The quantitative estimate of drug-likeness (QED) is 0.749. The SMILES string of the molecule is CC(=O)C1CCCN1C(=O)C1=C/CC/C=C/C=C\1. The number of rotatable bonds is 2. The molecule has 1 aliphatic carbocycles. The van der Waals surface area contributed by atoms with Crippen LogP contribution >= 0.6 is 0 Å². The molecule has 1 amide bonds. The fourth-order valence-electron chi connectivity index (χ4n) is 2.49. The lowest BCUT2D eigenvalue weighted by Gasteiger charge is -2.23. The van der Waals surface area contributed by atoms with Crippen molar-refractivity contribution in [3.8, 4) is 0 Å². The van der Waals surface area contributed by atoms with Crippen molar-refractivity contribution in [2.75, 3.05) is 6.54 Å². The topological polar surface area (TPSA) is 37.4 Å². The predicted molar refractivity (Wildman–Crippen MR) is 71.0 cm³/mol. The third-order valence-electron chi connectivity index (χ3n) is 3.45. The monoisotopic (exact) mass is 245 g/mol. The second-order valence-electron chi connectivity index (χ2n) is 4.79. The summed E-state index contributed by atoms with van der Waals surface area (Å²) in [4.78, 5) is 25.7. The number of amides is 1. The minimum atomic E-state index is -0.215. The van der Waals surface area contributed by atoms with E-state index in [1.54, 1.807) is 11.8 Å². The van der Waals surface area contributed by atoms with E-state index in [9.17, 15) is 9.59 Å². The third kappa shape index (κ3) is 2.78. The molecule has 0 aromatic heterocycles. The molecule has 0 radical (unpaired) electrons. The molecular weight excluding hydrogens is 226 g/mol. The van der Waals surface area contributed by atoms with Crippen LogP contribution in [-0.2, 0) is 9.59 Å². The van der Waals surface area contributed by atoms with E-state index in [0.29, 0.717) is 12.1 Å². The Kier molecular flexibility index (Phi) is 4.13. The Morgan fingerprint density at radius 3 is 2.89 bits per heavy atom. The number of hydrogen-bond donors (Lipinski definition) is 0. The van der Waals surface area contributed by atoms with E-state index in [1.807, 2.05) is 24.3 Å². The first-order valence-corrected chi connectivity index (χ1v) is 6.55. The van der Waals surface area contributed by atoms with E-state index < -0.39 is 0 Å². The predicted octanol–water partition coefficient (Wildman–Crippen LogP) is 2.40. The summed E-state index contributed by atoms with van der Waals surface area (Å²) in [6, 6.07) is -0.215. The molecule has 0 bridgehead atoms. The number of likely N-dealkylation sites (tertiary alicyclic amines) is 1. The highest BCUT2D eigenvalue weighted by Gasteiger charge is 2.32. The van der Waals surface area contributed by atoms with Crippen LogP contribution < -0.4 is 0 Å². The number of carbonyl (C=O) groups excluding carboxylic acids is 2. The summed E-state index contributed by atoms with van der Waals surface area (Å²) in [6.07, 6.45) is 13.3. The Morgan fingerprint density at radius 2 is 2.11 bits per heavy atom. The van der Waals surface area contributed by atoms with Crippen LogP contribution in [-0.4, -0.2) is 29.2 Å². The van der Waals surface area contributed by atoms with Gasteiger partial charge in [0.2, 0.25) is 0 Å². The molecule has 18 heavy (non-hydrogen) atoms. The van der Waals surface area contributed by atoms with Crippen LogP contribution in [0.15, 0.2) is 36.0 Å². The van der Waals surface area contributed by atoms with Gasteiger partial charge in [-0.05, 0) is 38.7 Å². The standard InChI is InChI=1S/C15H19NO2/c1-12(17)14-10-7-11-16(14)15(18)13-8-5-3-2-4-6-9-13/h2-3,5,8-9,14H,4,6-7,10-11H2,1H3/b3-2+,8-5-,13-9+. The van der Waals surface area contributed by atoms with Crippen molar-refractivity contribution in [1.29, 1.82) is 0 Å². The van der Waals surface area contributed by atoms with Gasteiger partial charge < -0.3 is 4.90 Å². The molecule has 0 saturated carbocycles. The molecule has 0 N–H and O–H groups in total. The highest BCUT2D eigenvalue weighted by molar-refractivity contribution is 5.99. The molecule has 1 heterocycles. The smallest absolute Gasteiger partial charge is 0.254 e. The molecule has 2 aliphatic rings. The molecule has 0 aromatic carbocycles. The first kappa shape index (κ1) is 12.8. The maximum absolute atomic E-state index is 12.4. The first-order valence-electron chi connectivity index (χ1n) is 6.55.